The van der Waals surface area contributed by atoms with Gasteiger partial charge in [-0.15, -0.1) is 0 Å². The Balaban J connectivity index is 2.29. The van der Waals surface area contributed by atoms with Gasteiger partial charge in [-0.2, -0.15) is 0 Å². The van der Waals surface area contributed by atoms with Crippen LogP contribution in [-0.2, 0) is 4.74 Å². The van der Waals surface area contributed by atoms with E-state index in [1.165, 1.54) is 0 Å². The topological polar surface area (TPSA) is 99.6 Å². The highest BCUT2D eigenvalue weighted by atomic mass is 16.5. The molecule has 0 saturated heterocycles. The number of alkyl carbamates (subject to hydrolysis) is 1. The summed E-state index contributed by atoms with van der Waals surface area (Å²) in [5, 5.41) is 2.53. The van der Waals surface area contributed by atoms with Crippen molar-refractivity contribution >= 4 is 17.5 Å². The van der Waals surface area contributed by atoms with Gasteiger partial charge in [0, 0.05) is 5.69 Å². The van der Waals surface area contributed by atoms with E-state index in [0.29, 0.717) is 36.9 Å². The van der Waals surface area contributed by atoms with E-state index in [1.807, 2.05) is 0 Å². The normalized spacial score (nSPS) is 9.71. The molecular weight excluding hydrogens is 222 g/mol. The Bertz CT molecular complexity index is 382. The van der Waals surface area contributed by atoms with Gasteiger partial charge < -0.3 is 26.3 Å². The lowest BCUT2D eigenvalue weighted by atomic mass is 10.2. The van der Waals surface area contributed by atoms with Gasteiger partial charge >= 0.3 is 6.09 Å². The lowest BCUT2D eigenvalue weighted by molar-refractivity contribution is 0.150. The van der Waals surface area contributed by atoms with Gasteiger partial charge in [0.1, 0.15) is 12.4 Å². The minimum Gasteiger partial charge on any atom is -0.490 e. The zero-order chi connectivity index (χ0) is 12.7. The number of nitrogens with two attached hydrogens (primary N) is 2. The van der Waals surface area contributed by atoms with E-state index in [9.17, 15) is 4.79 Å². The van der Waals surface area contributed by atoms with Crippen molar-refractivity contribution < 1.29 is 14.3 Å². The summed E-state index contributed by atoms with van der Waals surface area (Å²) in [6.07, 6.45) is -0.457. The average molecular weight is 239 g/mol. The first-order valence-electron chi connectivity index (χ1n) is 5.32. The van der Waals surface area contributed by atoms with Crippen molar-refractivity contribution in [1.82, 2.24) is 5.32 Å². The molecule has 0 aliphatic heterocycles. The molecule has 0 atom stereocenters. The van der Waals surface area contributed by atoms with E-state index in [0.717, 1.165) is 0 Å². The predicted octanol–water partition coefficient (Wildman–Crippen LogP) is 0.976. The molecule has 0 heterocycles. The number of hydrogen-bond acceptors (Lipinski definition) is 5. The van der Waals surface area contributed by atoms with Gasteiger partial charge in [0.05, 0.1) is 18.8 Å². The quantitative estimate of drug-likeness (QED) is 0.525. The van der Waals surface area contributed by atoms with Gasteiger partial charge in [0.2, 0.25) is 0 Å². The second kappa shape index (κ2) is 6.47. The molecule has 94 valence electrons. The largest absolute Gasteiger partial charge is 0.490 e. The molecule has 6 nitrogen and oxygen atoms in total. The molecule has 0 bridgehead atoms. The first-order valence-corrected chi connectivity index (χ1v) is 5.32. The van der Waals surface area contributed by atoms with E-state index < -0.39 is 6.09 Å². The fourth-order valence-electron chi connectivity index (χ4n) is 1.19. The van der Waals surface area contributed by atoms with Gasteiger partial charge in [0.25, 0.3) is 0 Å². The Morgan fingerprint density at radius 2 is 2.18 bits per heavy atom. The van der Waals surface area contributed by atoms with Crippen LogP contribution in [0.1, 0.15) is 6.92 Å². The Kier molecular flexibility index (Phi) is 4.93. The molecule has 0 aromatic heterocycles. The minimum absolute atomic E-state index is 0.312. The van der Waals surface area contributed by atoms with Crippen molar-refractivity contribution in [1.29, 1.82) is 0 Å². The Hall–Kier alpha value is -2.11. The highest BCUT2D eigenvalue weighted by molar-refractivity contribution is 5.67. The summed E-state index contributed by atoms with van der Waals surface area (Å²) in [6.45, 7) is 2.75. The van der Waals surface area contributed by atoms with Gasteiger partial charge in [-0.25, -0.2) is 4.79 Å². The summed E-state index contributed by atoms with van der Waals surface area (Å²) < 4.78 is 10.1. The fourth-order valence-corrected chi connectivity index (χ4v) is 1.19. The lowest BCUT2D eigenvalue weighted by Gasteiger charge is -2.10. The Morgan fingerprint density at radius 1 is 1.41 bits per heavy atom. The van der Waals surface area contributed by atoms with Crippen LogP contribution in [-0.4, -0.2) is 25.9 Å². The highest BCUT2D eigenvalue weighted by Crippen LogP contribution is 2.23. The van der Waals surface area contributed by atoms with Crippen LogP contribution in [0.4, 0.5) is 16.2 Å². The molecule has 0 saturated carbocycles. The maximum absolute atomic E-state index is 10.9. The van der Waals surface area contributed by atoms with E-state index in [1.54, 1.807) is 25.1 Å². The number of benzene rings is 1. The predicted molar refractivity (Wildman–Crippen MR) is 65.8 cm³/mol. The summed E-state index contributed by atoms with van der Waals surface area (Å²) >= 11 is 0. The van der Waals surface area contributed by atoms with Crippen LogP contribution in [0.2, 0.25) is 0 Å². The number of carbonyl (C=O) groups is 1. The summed E-state index contributed by atoms with van der Waals surface area (Å²) in [6, 6.07) is 5.01. The van der Waals surface area contributed by atoms with Gasteiger partial charge in [-0.3, -0.25) is 0 Å². The highest BCUT2D eigenvalue weighted by Gasteiger charge is 2.02. The lowest BCUT2D eigenvalue weighted by Crippen LogP contribution is -2.28. The van der Waals surface area contributed by atoms with Crippen molar-refractivity contribution in [3.8, 4) is 5.75 Å². The smallest absolute Gasteiger partial charge is 0.407 e. The van der Waals surface area contributed by atoms with E-state index in [4.69, 9.17) is 16.2 Å². The summed E-state index contributed by atoms with van der Waals surface area (Å²) in [5.74, 6) is 0.546. The molecular formula is C11H17N3O3. The average Bonchev–Trinajstić information content (AvgIpc) is 2.27. The zero-order valence-corrected chi connectivity index (χ0v) is 9.73. The van der Waals surface area contributed by atoms with Crippen LogP contribution >= 0.6 is 0 Å². The SMILES string of the molecule is CCOC(=O)NCCOc1ccc(N)cc1N. The minimum atomic E-state index is -0.457. The van der Waals surface area contributed by atoms with Gasteiger partial charge in [-0.1, -0.05) is 0 Å². The monoisotopic (exact) mass is 239 g/mol. The first kappa shape index (κ1) is 13.0. The molecule has 6 heteroatoms. The van der Waals surface area contributed by atoms with Crippen molar-refractivity contribution in [3.05, 3.63) is 18.2 Å². The molecule has 0 aliphatic rings. The molecule has 5 N–H and O–H groups in total. The molecule has 0 radical (unpaired) electrons. The summed E-state index contributed by atoms with van der Waals surface area (Å²) in [4.78, 5) is 10.9. The van der Waals surface area contributed by atoms with Crippen LogP contribution in [0.15, 0.2) is 18.2 Å². The number of hydrogen-bond donors (Lipinski definition) is 3. The number of anilines is 2. The molecule has 0 spiro atoms. The van der Waals surface area contributed by atoms with Gasteiger partial charge in [-0.05, 0) is 25.1 Å². The molecule has 1 amide bonds. The van der Waals surface area contributed by atoms with Crippen molar-refractivity contribution in [2.24, 2.45) is 0 Å². The second-order valence-corrected chi connectivity index (χ2v) is 3.29. The zero-order valence-electron chi connectivity index (χ0n) is 9.73. The molecule has 0 unspecified atom stereocenters. The standard InChI is InChI=1S/C11H17N3O3/c1-2-16-11(15)14-5-6-17-10-4-3-8(12)7-9(10)13/h3-4,7H,2,5-6,12-13H2,1H3,(H,14,15). The number of rotatable bonds is 5. The third-order valence-electron chi connectivity index (χ3n) is 1.94. The van der Waals surface area contributed by atoms with E-state index in [-0.39, 0.29) is 0 Å². The third kappa shape index (κ3) is 4.50. The Labute approximate surface area is 99.9 Å². The van der Waals surface area contributed by atoms with Crippen LogP contribution in [0, 0.1) is 0 Å². The Morgan fingerprint density at radius 3 is 2.82 bits per heavy atom. The molecule has 17 heavy (non-hydrogen) atoms. The van der Waals surface area contributed by atoms with Crippen LogP contribution in [0.3, 0.4) is 0 Å². The maximum Gasteiger partial charge on any atom is 0.407 e. The van der Waals surface area contributed by atoms with Crippen LogP contribution in [0.25, 0.3) is 0 Å². The van der Waals surface area contributed by atoms with Crippen LogP contribution < -0.4 is 21.5 Å². The van der Waals surface area contributed by atoms with E-state index >= 15 is 0 Å². The number of nitrogens with one attached hydrogen (secondary N) is 1. The number of ether oxygens (including phenoxy) is 2. The number of nitrogen functional groups attached to an aromatic ring is 2. The molecule has 1 rings (SSSR count). The van der Waals surface area contributed by atoms with Crippen molar-refractivity contribution in [2.75, 3.05) is 31.2 Å². The number of amides is 1. The van der Waals surface area contributed by atoms with Crippen molar-refractivity contribution in [3.63, 3.8) is 0 Å². The van der Waals surface area contributed by atoms with E-state index in [2.05, 4.69) is 10.1 Å². The summed E-state index contributed by atoms with van der Waals surface area (Å²) in [7, 11) is 0. The second-order valence-electron chi connectivity index (χ2n) is 3.29. The third-order valence-corrected chi connectivity index (χ3v) is 1.94. The maximum atomic E-state index is 10.9. The van der Waals surface area contributed by atoms with Gasteiger partial charge in [0.15, 0.2) is 0 Å². The molecule has 1 aromatic rings. The molecule has 0 fully saturated rings. The molecule has 0 aliphatic carbocycles. The fraction of sp³-hybridized carbons (Fsp3) is 0.364. The van der Waals surface area contributed by atoms with Crippen LogP contribution in [0.5, 0.6) is 5.75 Å². The molecule has 1 aromatic carbocycles. The summed E-state index contributed by atoms with van der Waals surface area (Å²) in [5.41, 5.74) is 12.3. The first-order chi connectivity index (χ1) is 8.13. The van der Waals surface area contributed by atoms with Crippen molar-refractivity contribution in [2.45, 2.75) is 6.92 Å². The number of carbonyl (C=O) groups excluding carboxylic acids is 1.